The predicted molar refractivity (Wildman–Crippen MR) is 126 cm³/mol. The van der Waals surface area contributed by atoms with Gasteiger partial charge in [0.05, 0.1) is 10.6 Å². The zero-order valence-electron chi connectivity index (χ0n) is 17.7. The molecule has 1 aliphatic heterocycles. The molecule has 0 unspecified atom stereocenters. The number of hydrogen-bond acceptors (Lipinski definition) is 5. The van der Waals surface area contributed by atoms with Gasteiger partial charge in [0.2, 0.25) is 0 Å². The molecule has 0 saturated carbocycles. The molecule has 33 heavy (non-hydrogen) atoms. The molecule has 2 aromatic carbocycles. The molecule has 9 heteroatoms. The van der Waals surface area contributed by atoms with Gasteiger partial charge in [-0.2, -0.15) is 0 Å². The Bertz CT molecular complexity index is 1410. The minimum atomic E-state index is -3.82. The molecule has 1 saturated heterocycles. The quantitative estimate of drug-likeness (QED) is 0.496. The van der Waals surface area contributed by atoms with Crippen molar-refractivity contribution in [3.8, 4) is 11.1 Å². The van der Waals surface area contributed by atoms with Gasteiger partial charge in [-0.1, -0.05) is 48.5 Å². The molecule has 4 aromatic rings. The van der Waals surface area contributed by atoms with Crippen LogP contribution >= 0.6 is 0 Å². The van der Waals surface area contributed by atoms with E-state index in [0.29, 0.717) is 37.2 Å². The van der Waals surface area contributed by atoms with Crippen LogP contribution in [0.25, 0.3) is 22.2 Å². The minimum Gasteiger partial charge on any atom is -0.465 e. The van der Waals surface area contributed by atoms with Gasteiger partial charge >= 0.3 is 6.09 Å². The Morgan fingerprint density at radius 1 is 0.879 bits per heavy atom. The summed E-state index contributed by atoms with van der Waals surface area (Å²) in [5, 5.41) is 10.0. The topological polar surface area (TPSA) is 95.7 Å². The second-order valence-electron chi connectivity index (χ2n) is 7.81. The summed E-state index contributed by atoms with van der Waals surface area (Å²) >= 11 is 0. The van der Waals surface area contributed by atoms with E-state index in [4.69, 9.17) is 0 Å². The maximum atomic E-state index is 13.3. The molecule has 0 atom stereocenters. The first-order valence-corrected chi connectivity index (χ1v) is 12.0. The fraction of sp³-hybridized carbons (Fsp3) is 0.167. The van der Waals surface area contributed by atoms with Crippen molar-refractivity contribution in [2.45, 2.75) is 4.90 Å². The number of amides is 1. The zero-order chi connectivity index (χ0) is 23.0. The lowest BCUT2D eigenvalue weighted by molar-refractivity contribution is 0.142. The van der Waals surface area contributed by atoms with Crippen LogP contribution < -0.4 is 4.90 Å². The van der Waals surface area contributed by atoms with Gasteiger partial charge < -0.3 is 14.9 Å². The van der Waals surface area contributed by atoms with Gasteiger partial charge in [0.15, 0.2) is 5.65 Å². The van der Waals surface area contributed by atoms with E-state index in [-0.39, 0.29) is 4.90 Å². The number of piperazine rings is 1. The van der Waals surface area contributed by atoms with E-state index < -0.39 is 16.1 Å². The standard InChI is InChI=1S/C24H22N4O4S/c29-24(30)27-15-13-26(14-16-27)22-20-11-12-28(33(31,32)19-9-5-2-6-10-19)23(20)25-17-21(22)18-7-3-1-4-8-18/h1-12,17H,13-16H2,(H,29,30). The van der Waals surface area contributed by atoms with Crippen molar-refractivity contribution in [2.24, 2.45) is 0 Å². The van der Waals surface area contributed by atoms with Gasteiger partial charge in [-0.25, -0.2) is 22.2 Å². The second-order valence-corrected chi connectivity index (χ2v) is 9.63. The summed E-state index contributed by atoms with van der Waals surface area (Å²) in [6.07, 6.45) is 2.30. The SMILES string of the molecule is O=C(O)N1CCN(c2c(-c3ccccc3)cnc3c2ccn3S(=O)(=O)c2ccccc2)CC1. The minimum absolute atomic E-state index is 0.188. The van der Waals surface area contributed by atoms with Crippen LogP contribution in [-0.2, 0) is 10.0 Å². The van der Waals surface area contributed by atoms with Crippen molar-refractivity contribution in [3.63, 3.8) is 0 Å². The molecule has 8 nitrogen and oxygen atoms in total. The van der Waals surface area contributed by atoms with Crippen molar-refractivity contribution >= 4 is 32.8 Å². The normalized spacial score (nSPS) is 14.5. The van der Waals surface area contributed by atoms with Crippen LogP contribution in [0.4, 0.5) is 10.5 Å². The van der Waals surface area contributed by atoms with Crippen molar-refractivity contribution in [1.82, 2.24) is 13.9 Å². The molecule has 168 valence electrons. The number of pyridine rings is 1. The highest BCUT2D eigenvalue weighted by molar-refractivity contribution is 7.90. The summed E-state index contributed by atoms with van der Waals surface area (Å²) in [4.78, 5) is 19.6. The lowest BCUT2D eigenvalue weighted by atomic mass is 10.0. The van der Waals surface area contributed by atoms with Crippen LogP contribution in [0.15, 0.2) is 84.0 Å². The molecular weight excluding hydrogens is 440 g/mol. The van der Waals surface area contributed by atoms with E-state index in [0.717, 1.165) is 16.8 Å². The van der Waals surface area contributed by atoms with Crippen LogP contribution in [0.3, 0.4) is 0 Å². The Balaban J connectivity index is 1.67. The van der Waals surface area contributed by atoms with E-state index in [2.05, 4.69) is 9.88 Å². The molecule has 1 amide bonds. The number of hydrogen-bond donors (Lipinski definition) is 1. The summed E-state index contributed by atoms with van der Waals surface area (Å²) in [7, 11) is -3.82. The van der Waals surface area contributed by atoms with E-state index in [1.54, 1.807) is 42.6 Å². The van der Waals surface area contributed by atoms with Crippen molar-refractivity contribution in [3.05, 3.63) is 79.1 Å². The van der Waals surface area contributed by atoms with Crippen LogP contribution in [-0.4, -0.2) is 59.7 Å². The van der Waals surface area contributed by atoms with E-state index >= 15 is 0 Å². The number of carboxylic acid groups (broad SMARTS) is 1. The molecule has 2 aromatic heterocycles. The lowest BCUT2D eigenvalue weighted by Crippen LogP contribution is -2.48. The first-order chi connectivity index (χ1) is 16.0. The number of benzene rings is 2. The smallest absolute Gasteiger partial charge is 0.407 e. The Hall–Kier alpha value is -3.85. The molecule has 0 spiro atoms. The Morgan fingerprint density at radius 2 is 1.52 bits per heavy atom. The van der Waals surface area contributed by atoms with E-state index in [9.17, 15) is 18.3 Å². The summed E-state index contributed by atoms with van der Waals surface area (Å²) in [6.45, 7) is 1.75. The molecular formula is C24H22N4O4S. The summed E-state index contributed by atoms with van der Waals surface area (Å²) in [6, 6.07) is 19.8. The molecule has 3 heterocycles. The van der Waals surface area contributed by atoms with E-state index in [1.165, 1.54) is 15.1 Å². The number of fused-ring (bicyclic) bond motifs is 1. The average molecular weight is 463 g/mol. The zero-order valence-corrected chi connectivity index (χ0v) is 18.5. The van der Waals surface area contributed by atoms with Gasteiger partial charge in [0.25, 0.3) is 10.0 Å². The van der Waals surface area contributed by atoms with Gasteiger partial charge in [0, 0.05) is 49.5 Å². The average Bonchev–Trinajstić information content (AvgIpc) is 3.30. The van der Waals surface area contributed by atoms with Crippen molar-refractivity contribution in [1.29, 1.82) is 0 Å². The van der Waals surface area contributed by atoms with Crippen LogP contribution in [0.5, 0.6) is 0 Å². The highest BCUT2D eigenvalue weighted by Gasteiger charge is 2.27. The maximum Gasteiger partial charge on any atom is 0.407 e. The Labute approximate surface area is 191 Å². The summed E-state index contributed by atoms with van der Waals surface area (Å²) < 4.78 is 27.8. The third-order valence-electron chi connectivity index (χ3n) is 5.90. The van der Waals surface area contributed by atoms with E-state index in [1.807, 2.05) is 30.3 Å². The third kappa shape index (κ3) is 3.70. The Morgan fingerprint density at radius 3 is 2.15 bits per heavy atom. The summed E-state index contributed by atoms with van der Waals surface area (Å²) in [5.41, 5.74) is 3.04. The largest absolute Gasteiger partial charge is 0.465 e. The lowest BCUT2D eigenvalue weighted by Gasteiger charge is -2.36. The molecule has 5 rings (SSSR count). The highest BCUT2D eigenvalue weighted by atomic mass is 32.2. The van der Waals surface area contributed by atoms with Crippen LogP contribution in [0.1, 0.15) is 0 Å². The fourth-order valence-electron chi connectivity index (χ4n) is 4.24. The summed E-state index contributed by atoms with van der Waals surface area (Å²) in [5.74, 6) is 0. The number of rotatable bonds is 4. The molecule has 1 N–H and O–H groups in total. The van der Waals surface area contributed by atoms with Gasteiger partial charge in [-0.05, 0) is 23.8 Å². The molecule has 0 aliphatic carbocycles. The molecule has 0 bridgehead atoms. The van der Waals surface area contributed by atoms with Crippen molar-refractivity contribution < 1.29 is 18.3 Å². The second kappa shape index (κ2) is 8.25. The third-order valence-corrected chi connectivity index (χ3v) is 7.58. The first-order valence-electron chi connectivity index (χ1n) is 10.6. The number of nitrogens with zero attached hydrogens (tertiary/aromatic N) is 4. The molecule has 1 fully saturated rings. The number of carbonyl (C=O) groups is 1. The van der Waals surface area contributed by atoms with Crippen molar-refractivity contribution in [2.75, 3.05) is 31.1 Å². The van der Waals surface area contributed by atoms with Crippen LogP contribution in [0.2, 0.25) is 0 Å². The first kappa shape index (κ1) is 21.0. The monoisotopic (exact) mass is 462 g/mol. The fourth-order valence-corrected chi connectivity index (χ4v) is 5.56. The Kier molecular flexibility index (Phi) is 5.26. The van der Waals surface area contributed by atoms with Gasteiger partial charge in [-0.15, -0.1) is 0 Å². The van der Waals surface area contributed by atoms with Gasteiger partial charge in [0.1, 0.15) is 0 Å². The predicted octanol–water partition coefficient (Wildman–Crippen LogP) is 3.74. The highest BCUT2D eigenvalue weighted by Crippen LogP contribution is 2.38. The maximum absolute atomic E-state index is 13.3. The number of aromatic nitrogens is 2. The van der Waals surface area contributed by atoms with Gasteiger partial charge in [-0.3, -0.25) is 0 Å². The molecule has 1 aliphatic rings. The number of anilines is 1. The van der Waals surface area contributed by atoms with Crippen LogP contribution in [0, 0.1) is 0 Å². The molecule has 0 radical (unpaired) electrons.